The molecule has 13 heteroatoms. The third-order valence-corrected chi connectivity index (χ3v) is 5.83. The lowest BCUT2D eigenvalue weighted by atomic mass is 10.2. The number of fused-ring (bicyclic) bond motifs is 1. The molecule has 0 aromatic carbocycles. The van der Waals surface area contributed by atoms with Crippen molar-refractivity contribution in [1.82, 2.24) is 28.8 Å². The third kappa shape index (κ3) is 5.60. The molecule has 33 heavy (non-hydrogen) atoms. The Morgan fingerprint density at radius 2 is 2.03 bits per heavy atom. The van der Waals surface area contributed by atoms with Crippen LogP contribution in [0, 0.1) is 6.92 Å². The van der Waals surface area contributed by atoms with Crippen LogP contribution in [-0.4, -0.2) is 40.2 Å². The predicted octanol–water partition coefficient (Wildman–Crippen LogP) is 2.85. The van der Waals surface area contributed by atoms with Crippen molar-refractivity contribution in [3.8, 4) is 5.82 Å². The quantitative estimate of drug-likeness (QED) is 0.377. The Bertz CT molecular complexity index is 1310. The standard InChI is InChI=1S/C20H23F3N6O3S/c1-4-5-9-25-33(31,32)27-17(30)7-6-16-13(2)26-28(3)19(16)29-10-8-14-11-15(20(21,22)23)12-24-18(14)29/h6-8,10-12,25H,4-5,9H2,1-3H3,(H,27,30). The van der Waals surface area contributed by atoms with Crippen LogP contribution in [0.5, 0.6) is 0 Å². The van der Waals surface area contributed by atoms with Crippen molar-refractivity contribution >= 4 is 33.2 Å². The fourth-order valence-corrected chi connectivity index (χ4v) is 4.06. The van der Waals surface area contributed by atoms with Crippen molar-refractivity contribution in [2.75, 3.05) is 6.54 Å². The average Bonchev–Trinajstić information content (AvgIpc) is 3.24. The minimum absolute atomic E-state index is 0.207. The van der Waals surface area contributed by atoms with Crippen LogP contribution in [0.3, 0.4) is 0 Å². The zero-order chi connectivity index (χ0) is 24.4. The molecule has 2 N–H and O–H groups in total. The normalized spacial score (nSPS) is 12.7. The fourth-order valence-electron chi connectivity index (χ4n) is 3.24. The van der Waals surface area contributed by atoms with Gasteiger partial charge in [0.25, 0.3) is 5.91 Å². The van der Waals surface area contributed by atoms with Gasteiger partial charge >= 0.3 is 16.4 Å². The van der Waals surface area contributed by atoms with Gasteiger partial charge in [0.2, 0.25) is 0 Å². The minimum atomic E-state index is -4.51. The molecular weight excluding hydrogens is 461 g/mol. The van der Waals surface area contributed by atoms with E-state index < -0.39 is 27.9 Å². The molecule has 9 nitrogen and oxygen atoms in total. The third-order valence-electron chi connectivity index (χ3n) is 4.78. The summed E-state index contributed by atoms with van der Waals surface area (Å²) in [5, 5.41) is 4.59. The number of nitrogens with one attached hydrogen (secondary N) is 2. The molecule has 0 fully saturated rings. The lowest BCUT2D eigenvalue weighted by molar-refractivity contribution is -0.137. The number of nitrogens with zero attached hydrogens (tertiary/aromatic N) is 4. The van der Waals surface area contributed by atoms with Crippen LogP contribution in [0.1, 0.15) is 36.6 Å². The van der Waals surface area contributed by atoms with Crippen LogP contribution in [0.15, 0.2) is 30.6 Å². The van der Waals surface area contributed by atoms with Gasteiger partial charge in [-0.1, -0.05) is 13.3 Å². The van der Waals surface area contributed by atoms with Crippen molar-refractivity contribution in [3.63, 3.8) is 0 Å². The Kier molecular flexibility index (Phi) is 6.93. The largest absolute Gasteiger partial charge is 0.417 e. The van der Waals surface area contributed by atoms with E-state index in [1.165, 1.54) is 16.8 Å². The first kappa shape index (κ1) is 24.5. The molecule has 0 aliphatic carbocycles. The molecule has 0 aliphatic rings. The van der Waals surface area contributed by atoms with E-state index in [1.807, 2.05) is 11.6 Å². The summed E-state index contributed by atoms with van der Waals surface area (Å²) in [5.41, 5.74) is 0.407. The van der Waals surface area contributed by atoms with Gasteiger partial charge in [0.15, 0.2) is 0 Å². The van der Waals surface area contributed by atoms with Gasteiger partial charge in [0.1, 0.15) is 11.5 Å². The van der Waals surface area contributed by atoms with E-state index in [1.54, 1.807) is 24.7 Å². The fraction of sp³-hybridized carbons (Fsp3) is 0.350. The average molecular weight is 485 g/mol. The summed E-state index contributed by atoms with van der Waals surface area (Å²) >= 11 is 0. The summed E-state index contributed by atoms with van der Waals surface area (Å²) in [6, 6.07) is 2.50. The van der Waals surface area contributed by atoms with E-state index in [0.29, 0.717) is 23.5 Å². The molecule has 0 atom stereocenters. The second-order valence-corrected chi connectivity index (χ2v) is 8.82. The zero-order valence-electron chi connectivity index (χ0n) is 18.1. The number of pyridine rings is 1. The number of halogens is 3. The van der Waals surface area contributed by atoms with E-state index in [9.17, 15) is 26.4 Å². The lowest BCUT2D eigenvalue weighted by Crippen LogP contribution is -2.39. The molecule has 1 amide bonds. The van der Waals surface area contributed by atoms with Gasteiger partial charge in [-0.3, -0.25) is 14.0 Å². The van der Waals surface area contributed by atoms with Gasteiger partial charge < -0.3 is 0 Å². The van der Waals surface area contributed by atoms with Crippen LogP contribution >= 0.6 is 0 Å². The highest BCUT2D eigenvalue weighted by atomic mass is 32.2. The summed E-state index contributed by atoms with van der Waals surface area (Å²) in [5.74, 6) is -0.416. The number of aromatic nitrogens is 4. The maximum absolute atomic E-state index is 13.0. The highest BCUT2D eigenvalue weighted by Gasteiger charge is 2.31. The van der Waals surface area contributed by atoms with Crippen molar-refractivity contribution < 1.29 is 26.4 Å². The van der Waals surface area contributed by atoms with Gasteiger partial charge in [-0.2, -0.15) is 31.4 Å². The maximum atomic E-state index is 13.0. The molecule has 178 valence electrons. The molecule has 0 saturated heterocycles. The van der Waals surface area contributed by atoms with E-state index in [0.717, 1.165) is 24.8 Å². The summed E-state index contributed by atoms with van der Waals surface area (Å²) in [6.07, 6.45) is 1.65. The first-order valence-electron chi connectivity index (χ1n) is 10.0. The summed E-state index contributed by atoms with van der Waals surface area (Å²) in [7, 11) is -2.35. The molecule has 0 bridgehead atoms. The molecular formula is C20H23F3N6O3S. The highest BCUT2D eigenvalue weighted by molar-refractivity contribution is 7.88. The summed E-state index contributed by atoms with van der Waals surface area (Å²) in [6.45, 7) is 3.80. The van der Waals surface area contributed by atoms with Gasteiger partial charge in [-0.05, 0) is 31.6 Å². The van der Waals surface area contributed by atoms with Crippen LogP contribution in [-0.2, 0) is 28.2 Å². The Morgan fingerprint density at radius 1 is 1.30 bits per heavy atom. The summed E-state index contributed by atoms with van der Waals surface area (Å²) < 4.78 is 70.0. The lowest BCUT2D eigenvalue weighted by Gasteiger charge is -2.09. The topological polar surface area (TPSA) is 111 Å². The van der Waals surface area contributed by atoms with Gasteiger partial charge in [0.05, 0.1) is 11.3 Å². The maximum Gasteiger partial charge on any atom is 0.417 e. The van der Waals surface area contributed by atoms with Gasteiger partial charge in [-0.25, -0.2) is 9.71 Å². The first-order chi connectivity index (χ1) is 15.4. The van der Waals surface area contributed by atoms with E-state index in [4.69, 9.17) is 0 Å². The molecule has 3 heterocycles. The molecule has 0 radical (unpaired) electrons. The second kappa shape index (κ2) is 9.35. The monoisotopic (exact) mass is 484 g/mol. The number of hydrogen-bond acceptors (Lipinski definition) is 5. The molecule has 3 rings (SSSR count). The van der Waals surface area contributed by atoms with Crippen molar-refractivity contribution in [1.29, 1.82) is 0 Å². The van der Waals surface area contributed by atoms with Crippen LogP contribution in [0.4, 0.5) is 13.2 Å². The number of amides is 1. The Morgan fingerprint density at radius 3 is 2.70 bits per heavy atom. The van der Waals surface area contributed by atoms with Gasteiger partial charge in [0, 0.05) is 43.0 Å². The zero-order valence-corrected chi connectivity index (χ0v) is 19.0. The Hall–Kier alpha value is -3.19. The number of hydrogen-bond donors (Lipinski definition) is 2. The Labute approximate surface area is 188 Å². The van der Waals surface area contributed by atoms with Crippen molar-refractivity contribution in [3.05, 3.63) is 47.4 Å². The predicted molar refractivity (Wildman–Crippen MR) is 117 cm³/mol. The van der Waals surface area contributed by atoms with E-state index >= 15 is 0 Å². The number of rotatable bonds is 8. The molecule has 0 saturated carbocycles. The van der Waals surface area contributed by atoms with Crippen LogP contribution < -0.4 is 9.44 Å². The Balaban J connectivity index is 1.91. The van der Waals surface area contributed by atoms with Crippen LogP contribution in [0.2, 0.25) is 0 Å². The molecule has 3 aromatic rings. The molecule has 0 spiro atoms. The van der Waals surface area contributed by atoms with Gasteiger partial charge in [-0.15, -0.1) is 0 Å². The number of alkyl halides is 3. The first-order valence-corrected chi connectivity index (χ1v) is 11.5. The number of carbonyl (C=O) groups excluding carboxylic acids is 1. The number of carbonyl (C=O) groups is 1. The van der Waals surface area contributed by atoms with Crippen molar-refractivity contribution in [2.45, 2.75) is 32.9 Å². The number of aryl methyl sites for hydroxylation is 2. The molecule has 3 aromatic heterocycles. The van der Waals surface area contributed by atoms with Crippen molar-refractivity contribution in [2.24, 2.45) is 7.05 Å². The highest BCUT2D eigenvalue weighted by Crippen LogP contribution is 2.32. The smallest absolute Gasteiger partial charge is 0.285 e. The number of unbranched alkanes of at least 4 members (excludes halogenated alkanes) is 1. The molecule has 0 unspecified atom stereocenters. The second-order valence-electron chi connectivity index (χ2n) is 7.32. The SMILES string of the molecule is CCCCNS(=O)(=O)NC(=O)C=Cc1c(C)nn(C)c1-n1ccc2cc(C(F)(F)F)cnc21. The van der Waals surface area contributed by atoms with E-state index in [2.05, 4.69) is 14.8 Å². The van der Waals surface area contributed by atoms with Crippen LogP contribution in [0.25, 0.3) is 22.9 Å². The summed E-state index contributed by atoms with van der Waals surface area (Å²) in [4.78, 5) is 16.1. The minimum Gasteiger partial charge on any atom is -0.285 e. The molecule has 0 aliphatic heterocycles. The van der Waals surface area contributed by atoms with E-state index in [-0.39, 0.29) is 17.6 Å².